The third-order valence-corrected chi connectivity index (χ3v) is 6.24. The maximum Gasteiger partial charge on any atom is 0.335 e. The number of aromatic nitrogens is 2. The van der Waals surface area contributed by atoms with Crippen LogP contribution in [0.2, 0.25) is 0 Å². The van der Waals surface area contributed by atoms with Crippen LogP contribution in [-0.4, -0.2) is 31.3 Å². The Morgan fingerprint density at radius 3 is 2.21 bits per heavy atom. The summed E-state index contributed by atoms with van der Waals surface area (Å²) >= 11 is 1.42. The predicted molar refractivity (Wildman–Crippen MR) is 133 cm³/mol. The number of carboxylic acids is 1. The molecule has 0 aliphatic heterocycles. The molecule has 2 heterocycles. The molecule has 34 heavy (non-hydrogen) atoms. The summed E-state index contributed by atoms with van der Waals surface area (Å²) in [5, 5.41) is 35.6. The Kier molecular flexibility index (Phi) is 5.44. The fourth-order valence-corrected chi connectivity index (χ4v) is 4.61. The number of thiophene rings is 1. The summed E-state index contributed by atoms with van der Waals surface area (Å²) in [6, 6.07) is 20.1. The minimum atomic E-state index is -1.03. The third kappa shape index (κ3) is 4.32. The van der Waals surface area contributed by atoms with Gasteiger partial charge in [0.25, 0.3) is 0 Å². The van der Waals surface area contributed by atoms with Gasteiger partial charge in [0.2, 0.25) is 0 Å². The molecule has 168 valence electrons. The zero-order chi connectivity index (χ0) is 23.7. The number of anilines is 4. The van der Waals surface area contributed by atoms with Gasteiger partial charge in [0, 0.05) is 39.6 Å². The number of aromatic carboxylic acids is 1. The highest BCUT2D eigenvalue weighted by Gasteiger charge is 2.16. The number of hydrogen-bond acceptors (Lipinski definition) is 8. The highest BCUT2D eigenvalue weighted by atomic mass is 32.1. The lowest BCUT2D eigenvalue weighted by Crippen LogP contribution is -1.99. The monoisotopic (exact) mass is 470 g/mol. The van der Waals surface area contributed by atoms with Crippen molar-refractivity contribution in [2.45, 2.75) is 0 Å². The number of phenols is 2. The average Bonchev–Trinajstić information content (AvgIpc) is 3.24. The van der Waals surface area contributed by atoms with Crippen LogP contribution in [-0.2, 0) is 0 Å². The second-order valence-corrected chi connectivity index (χ2v) is 8.52. The Labute approximate surface area is 197 Å². The number of fused-ring (bicyclic) bond motifs is 1. The minimum Gasteiger partial charge on any atom is -0.508 e. The number of phenolic OH excluding ortho intramolecular Hbond substituents is 2. The molecule has 3 aromatic carbocycles. The van der Waals surface area contributed by atoms with Crippen LogP contribution in [0.1, 0.15) is 10.4 Å². The predicted octanol–water partition coefficient (Wildman–Crippen LogP) is 5.95. The number of aromatic hydroxyl groups is 2. The van der Waals surface area contributed by atoms with E-state index in [1.165, 1.54) is 23.7 Å². The van der Waals surface area contributed by atoms with Crippen LogP contribution in [0.5, 0.6) is 11.5 Å². The Morgan fingerprint density at radius 1 is 0.824 bits per heavy atom. The molecule has 0 saturated carbocycles. The Hall–Kier alpha value is -4.63. The number of nitrogens with zero attached hydrogens (tertiary/aromatic N) is 2. The maximum absolute atomic E-state index is 11.7. The van der Waals surface area contributed by atoms with Crippen LogP contribution in [0.3, 0.4) is 0 Å². The van der Waals surface area contributed by atoms with E-state index in [2.05, 4.69) is 20.6 Å². The van der Waals surface area contributed by atoms with Crippen molar-refractivity contribution in [2.75, 3.05) is 10.6 Å². The molecule has 0 saturated heterocycles. The van der Waals surface area contributed by atoms with Gasteiger partial charge in [-0.25, -0.2) is 14.8 Å². The lowest BCUT2D eigenvalue weighted by Gasteiger charge is -2.12. The molecule has 8 nitrogen and oxygen atoms in total. The molecule has 0 unspecified atom stereocenters. The average molecular weight is 471 g/mol. The highest BCUT2D eigenvalue weighted by molar-refractivity contribution is 7.22. The summed E-state index contributed by atoms with van der Waals surface area (Å²) in [7, 11) is 0. The molecule has 0 radical (unpaired) electrons. The molecule has 2 aromatic heterocycles. The summed E-state index contributed by atoms with van der Waals surface area (Å²) in [4.78, 5) is 21.2. The standard InChI is InChI=1S/C25H18N4O4S/c30-17-5-1-3-15(10-17)28-20-8-7-14(25(32)33)9-19(20)22-12-21-23(34-22)24(27-13-26-21)29-16-4-2-6-18(31)11-16/h1-13,28,30-31H,(H,32,33)(H,26,27,29). The molecule has 9 heteroatoms. The molecular formula is C25H18N4O4S. The van der Waals surface area contributed by atoms with Crippen LogP contribution in [0.4, 0.5) is 22.9 Å². The molecule has 0 fully saturated rings. The molecule has 0 aliphatic carbocycles. The molecule has 0 spiro atoms. The SMILES string of the molecule is O=C(O)c1ccc(Nc2cccc(O)c2)c(-c2cc3ncnc(Nc4cccc(O)c4)c3s2)c1. The zero-order valence-electron chi connectivity index (χ0n) is 17.6. The van der Waals surface area contributed by atoms with Gasteiger partial charge < -0.3 is 26.0 Å². The van der Waals surface area contributed by atoms with Crippen molar-refractivity contribution in [3.8, 4) is 21.9 Å². The summed E-state index contributed by atoms with van der Waals surface area (Å²) in [6.45, 7) is 0. The van der Waals surface area contributed by atoms with Gasteiger partial charge in [-0.05, 0) is 48.5 Å². The Bertz CT molecular complexity index is 1530. The van der Waals surface area contributed by atoms with Crippen LogP contribution >= 0.6 is 11.3 Å². The number of benzene rings is 3. The van der Waals surface area contributed by atoms with E-state index in [0.29, 0.717) is 34.0 Å². The first-order chi connectivity index (χ1) is 16.5. The molecular weight excluding hydrogens is 452 g/mol. The van der Waals surface area contributed by atoms with Crippen molar-refractivity contribution in [1.29, 1.82) is 0 Å². The quantitative estimate of drug-likeness (QED) is 0.206. The van der Waals surface area contributed by atoms with E-state index in [0.717, 1.165) is 9.58 Å². The van der Waals surface area contributed by atoms with Gasteiger partial charge in [0.05, 0.1) is 15.8 Å². The van der Waals surface area contributed by atoms with Crippen LogP contribution in [0, 0.1) is 0 Å². The fraction of sp³-hybridized carbons (Fsp3) is 0. The third-order valence-electron chi connectivity index (χ3n) is 5.08. The van der Waals surface area contributed by atoms with Gasteiger partial charge in [-0.1, -0.05) is 12.1 Å². The van der Waals surface area contributed by atoms with Crippen LogP contribution in [0.15, 0.2) is 79.1 Å². The zero-order valence-corrected chi connectivity index (χ0v) is 18.4. The van der Waals surface area contributed by atoms with E-state index in [4.69, 9.17) is 0 Å². The van der Waals surface area contributed by atoms with E-state index in [1.807, 2.05) is 18.2 Å². The fourth-order valence-electron chi connectivity index (χ4n) is 3.53. The van der Waals surface area contributed by atoms with Crippen molar-refractivity contribution >= 4 is 50.4 Å². The second kappa shape index (κ2) is 8.72. The van der Waals surface area contributed by atoms with Gasteiger partial charge in [0.1, 0.15) is 17.8 Å². The number of carboxylic acid groups (broad SMARTS) is 1. The summed E-state index contributed by atoms with van der Waals surface area (Å²) < 4.78 is 0.782. The van der Waals surface area contributed by atoms with E-state index in [9.17, 15) is 20.1 Å². The number of hydrogen-bond donors (Lipinski definition) is 5. The Morgan fingerprint density at radius 2 is 1.53 bits per heavy atom. The van der Waals surface area contributed by atoms with Crippen molar-refractivity contribution in [3.63, 3.8) is 0 Å². The number of rotatable bonds is 6. The summed E-state index contributed by atoms with van der Waals surface area (Å²) in [5.41, 5.74) is 3.54. The second-order valence-electron chi connectivity index (χ2n) is 7.46. The van der Waals surface area contributed by atoms with E-state index >= 15 is 0 Å². The summed E-state index contributed by atoms with van der Waals surface area (Å²) in [6.07, 6.45) is 1.45. The normalized spacial score (nSPS) is 10.8. The Balaban J connectivity index is 1.59. The van der Waals surface area contributed by atoms with Crippen LogP contribution in [0.25, 0.3) is 20.7 Å². The number of carbonyl (C=O) groups is 1. The first kappa shape index (κ1) is 21.2. The lowest BCUT2D eigenvalue weighted by atomic mass is 10.1. The molecule has 5 aromatic rings. The lowest BCUT2D eigenvalue weighted by molar-refractivity contribution is 0.0697. The van der Waals surface area contributed by atoms with Crippen molar-refractivity contribution in [3.05, 3.63) is 84.7 Å². The van der Waals surface area contributed by atoms with Gasteiger partial charge in [0.15, 0.2) is 5.82 Å². The van der Waals surface area contributed by atoms with Gasteiger partial charge in [-0.3, -0.25) is 0 Å². The van der Waals surface area contributed by atoms with Crippen molar-refractivity contribution in [1.82, 2.24) is 9.97 Å². The van der Waals surface area contributed by atoms with Gasteiger partial charge in [-0.2, -0.15) is 0 Å². The smallest absolute Gasteiger partial charge is 0.335 e. The van der Waals surface area contributed by atoms with E-state index in [1.54, 1.807) is 48.5 Å². The summed E-state index contributed by atoms with van der Waals surface area (Å²) in [5.74, 6) is -0.204. The van der Waals surface area contributed by atoms with Gasteiger partial charge >= 0.3 is 5.97 Å². The molecule has 0 bridgehead atoms. The molecule has 5 N–H and O–H groups in total. The van der Waals surface area contributed by atoms with Crippen molar-refractivity contribution < 1.29 is 20.1 Å². The van der Waals surface area contributed by atoms with Crippen LogP contribution < -0.4 is 10.6 Å². The van der Waals surface area contributed by atoms with E-state index in [-0.39, 0.29) is 17.1 Å². The number of nitrogens with one attached hydrogen (secondary N) is 2. The molecule has 0 atom stereocenters. The van der Waals surface area contributed by atoms with Crippen molar-refractivity contribution in [2.24, 2.45) is 0 Å². The molecule has 5 rings (SSSR count). The molecule has 0 aliphatic rings. The topological polar surface area (TPSA) is 128 Å². The molecule has 0 amide bonds. The highest BCUT2D eigenvalue weighted by Crippen LogP contribution is 2.41. The largest absolute Gasteiger partial charge is 0.508 e. The maximum atomic E-state index is 11.7. The van der Waals surface area contributed by atoms with E-state index < -0.39 is 5.97 Å². The minimum absolute atomic E-state index is 0.119. The first-order valence-corrected chi connectivity index (χ1v) is 11.0. The van der Waals surface area contributed by atoms with Gasteiger partial charge in [-0.15, -0.1) is 11.3 Å². The first-order valence-electron chi connectivity index (χ1n) is 10.2.